The highest BCUT2D eigenvalue weighted by Gasteiger charge is 2.43. The summed E-state index contributed by atoms with van der Waals surface area (Å²) in [5, 5.41) is 0. The van der Waals surface area contributed by atoms with Gasteiger partial charge in [0.25, 0.3) is 0 Å². The largest absolute Gasteiger partial charge is 0.566 e. The lowest BCUT2D eigenvalue weighted by molar-refractivity contribution is -0.148. The first-order valence-corrected chi connectivity index (χ1v) is 10.6. The number of rotatable bonds is 16. The number of allylic oxidation sites excluding steroid dienone is 1. The minimum atomic E-state index is -2.99. The molecule has 0 spiro atoms. The zero-order chi connectivity index (χ0) is 19.1. The zero-order valence-electron chi connectivity index (χ0n) is 16.8. The van der Waals surface area contributed by atoms with E-state index in [0.29, 0.717) is 51.3 Å². The molecule has 0 aromatic rings. The fourth-order valence-electron chi connectivity index (χ4n) is 1.89. The highest BCUT2D eigenvalue weighted by atomic mass is 28.4. The molecule has 0 aromatic carbocycles. The predicted molar refractivity (Wildman–Crippen MR) is 101 cm³/mol. The first kappa shape index (κ1) is 27.2. The van der Waals surface area contributed by atoms with Crippen LogP contribution in [0.25, 0.3) is 0 Å². The van der Waals surface area contributed by atoms with Crippen LogP contribution >= 0.6 is 0 Å². The number of esters is 1. The average Bonchev–Trinajstić information content (AvgIpc) is 2.57. The van der Waals surface area contributed by atoms with Crippen LogP contribution in [-0.2, 0) is 32.3 Å². The average molecular weight is 397 g/mol. The van der Waals surface area contributed by atoms with Crippen LogP contribution < -0.4 is 0 Å². The van der Waals surface area contributed by atoms with Gasteiger partial charge in [0.15, 0.2) is 0 Å². The third kappa shape index (κ3) is 12.4. The second-order valence-corrected chi connectivity index (χ2v) is 8.40. The molecule has 1 unspecified atom stereocenters. The van der Waals surface area contributed by atoms with Crippen molar-refractivity contribution in [2.24, 2.45) is 5.92 Å². The van der Waals surface area contributed by atoms with E-state index in [-0.39, 0.29) is 17.4 Å². The zero-order valence-corrected chi connectivity index (χ0v) is 17.8. The standard InChI is InChI=1S/C17H34O7Si.H2O/c1-7-16(4)17(18)21-9-8-14-25(24-15(2)3,22-12-10-19-5)23-13-11-20-6;/h16H,2,7-14H2,1,3-6H3;1H2. The monoisotopic (exact) mass is 396 g/mol. The van der Waals surface area contributed by atoms with Gasteiger partial charge in [-0.25, -0.2) is 0 Å². The molecule has 0 aromatic heterocycles. The molecule has 0 bridgehead atoms. The number of hydrogen-bond acceptors (Lipinski definition) is 7. The highest BCUT2D eigenvalue weighted by Crippen LogP contribution is 2.21. The summed E-state index contributed by atoms with van der Waals surface area (Å²) in [5.74, 6) is 0.249. The summed E-state index contributed by atoms with van der Waals surface area (Å²) in [6.07, 6.45) is 1.35. The van der Waals surface area contributed by atoms with E-state index >= 15 is 0 Å². The number of ether oxygens (including phenoxy) is 3. The van der Waals surface area contributed by atoms with E-state index in [1.165, 1.54) is 0 Å². The van der Waals surface area contributed by atoms with Crippen LogP contribution in [0.2, 0.25) is 6.04 Å². The number of carbonyl (C=O) groups excluding carboxylic acids is 1. The number of methoxy groups -OCH3 is 2. The molecule has 9 heteroatoms. The van der Waals surface area contributed by atoms with Crippen LogP contribution in [0.5, 0.6) is 0 Å². The molecule has 0 heterocycles. The summed E-state index contributed by atoms with van der Waals surface area (Å²) in [6, 6.07) is 0.515. The van der Waals surface area contributed by atoms with Crippen molar-refractivity contribution in [2.75, 3.05) is 47.3 Å². The summed E-state index contributed by atoms with van der Waals surface area (Å²) in [4.78, 5) is 11.7. The summed E-state index contributed by atoms with van der Waals surface area (Å²) in [6.45, 7) is 11.2. The molecule has 0 rings (SSSR count). The van der Waals surface area contributed by atoms with E-state index in [4.69, 9.17) is 27.5 Å². The van der Waals surface area contributed by atoms with Gasteiger partial charge >= 0.3 is 14.8 Å². The molecular weight excluding hydrogens is 360 g/mol. The first-order valence-electron chi connectivity index (χ1n) is 8.67. The smallest absolute Gasteiger partial charge is 0.505 e. The van der Waals surface area contributed by atoms with E-state index < -0.39 is 8.80 Å². The van der Waals surface area contributed by atoms with Gasteiger partial charge in [0.2, 0.25) is 0 Å². The molecule has 156 valence electrons. The van der Waals surface area contributed by atoms with Gasteiger partial charge in [-0.3, -0.25) is 4.79 Å². The Kier molecular flexibility index (Phi) is 17.0. The molecule has 0 amide bonds. The maximum atomic E-state index is 11.7. The van der Waals surface area contributed by atoms with Crippen LogP contribution in [0.3, 0.4) is 0 Å². The van der Waals surface area contributed by atoms with Gasteiger partial charge in [-0.15, -0.1) is 0 Å². The molecule has 0 radical (unpaired) electrons. The van der Waals surface area contributed by atoms with Crippen molar-refractivity contribution in [1.29, 1.82) is 0 Å². The lowest BCUT2D eigenvalue weighted by Crippen LogP contribution is -2.47. The predicted octanol–water partition coefficient (Wildman–Crippen LogP) is 1.96. The third-order valence-corrected chi connectivity index (χ3v) is 6.35. The number of hydrogen-bond donors (Lipinski definition) is 0. The SMILES string of the molecule is C=C(C)O[Si](CCCOC(=O)C(C)CC)(OCCOC)OCCOC.O. The molecule has 0 aliphatic carbocycles. The summed E-state index contributed by atoms with van der Waals surface area (Å²) < 4.78 is 33.0. The first-order chi connectivity index (χ1) is 11.9. The number of carbonyl (C=O) groups is 1. The molecule has 0 aliphatic rings. The van der Waals surface area contributed by atoms with E-state index in [9.17, 15) is 4.79 Å². The van der Waals surface area contributed by atoms with E-state index in [1.54, 1.807) is 21.1 Å². The van der Waals surface area contributed by atoms with Crippen molar-refractivity contribution in [3.05, 3.63) is 12.3 Å². The quantitative estimate of drug-likeness (QED) is 0.170. The maximum absolute atomic E-state index is 11.7. The Hall–Kier alpha value is -0.973. The fraction of sp³-hybridized carbons (Fsp3) is 0.824. The van der Waals surface area contributed by atoms with Crippen molar-refractivity contribution in [2.45, 2.75) is 39.7 Å². The molecule has 8 nitrogen and oxygen atoms in total. The van der Waals surface area contributed by atoms with Gasteiger partial charge in [-0.2, -0.15) is 0 Å². The molecule has 0 saturated carbocycles. The minimum Gasteiger partial charge on any atom is -0.505 e. The van der Waals surface area contributed by atoms with Gasteiger partial charge in [0.05, 0.1) is 44.7 Å². The Morgan fingerprint density at radius 3 is 2.00 bits per heavy atom. The second kappa shape index (κ2) is 16.2. The molecule has 0 aliphatic heterocycles. The van der Waals surface area contributed by atoms with Crippen LogP contribution in [0.1, 0.15) is 33.6 Å². The van der Waals surface area contributed by atoms with Crippen LogP contribution in [0, 0.1) is 5.92 Å². The Balaban J connectivity index is 0. The van der Waals surface area contributed by atoms with Gasteiger partial charge < -0.3 is 33.0 Å². The van der Waals surface area contributed by atoms with E-state index in [1.807, 2.05) is 13.8 Å². The van der Waals surface area contributed by atoms with Gasteiger partial charge in [0.1, 0.15) is 0 Å². The molecule has 2 N–H and O–H groups in total. The third-order valence-electron chi connectivity index (χ3n) is 3.43. The van der Waals surface area contributed by atoms with Crippen LogP contribution in [0.15, 0.2) is 12.3 Å². The fourth-order valence-corrected chi connectivity index (χ4v) is 4.38. The topological polar surface area (TPSA) is 104 Å². The lowest BCUT2D eigenvalue weighted by Gasteiger charge is -2.30. The molecule has 1 atom stereocenters. The van der Waals surface area contributed by atoms with Crippen molar-refractivity contribution in [3.63, 3.8) is 0 Å². The Morgan fingerprint density at radius 1 is 1.04 bits per heavy atom. The summed E-state index contributed by atoms with van der Waals surface area (Å²) >= 11 is 0. The minimum absolute atomic E-state index is 0. The maximum Gasteiger partial charge on any atom is 0.566 e. The van der Waals surface area contributed by atoms with Crippen molar-refractivity contribution >= 4 is 14.8 Å². The molecular formula is C17H36O8Si. The highest BCUT2D eigenvalue weighted by molar-refractivity contribution is 6.61. The van der Waals surface area contributed by atoms with E-state index in [0.717, 1.165) is 6.42 Å². The molecule has 0 saturated heterocycles. The van der Waals surface area contributed by atoms with Gasteiger partial charge in [-0.05, 0) is 19.8 Å². The van der Waals surface area contributed by atoms with Crippen molar-refractivity contribution in [3.8, 4) is 0 Å². The van der Waals surface area contributed by atoms with Gasteiger partial charge in [0, 0.05) is 20.3 Å². The second-order valence-electron chi connectivity index (χ2n) is 5.75. The van der Waals surface area contributed by atoms with Crippen molar-refractivity contribution in [1.82, 2.24) is 0 Å². The van der Waals surface area contributed by atoms with E-state index in [2.05, 4.69) is 6.58 Å². The normalized spacial score (nSPS) is 12.2. The summed E-state index contributed by atoms with van der Waals surface area (Å²) in [7, 11) is 0.216. The molecule has 26 heavy (non-hydrogen) atoms. The Bertz CT molecular complexity index is 368. The molecule has 0 fully saturated rings. The lowest BCUT2D eigenvalue weighted by atomic mass is 10.1. The Morgan fingerprint density at radius 2 is 1.58 bits per heavy atom. The van der Waals surface area contributed by atoms with Gasteiger partial charge in [-0.1, -0.05) is 20.4 Å². The Labute approximate surface area is 158 Å². The summed E-state index contributed by atoms with van der Waals surface area (Å²) in [5.41, 5.74) is 0. The van der Waals surface area contributed by atoms with Crippen molar-refractivity contribution < 1.29 is 37.8 Å². The van der Waals surface area contributed by atoms with Crippen LogP contribution in [-0.4, -0.2) is 67.5 Å². The van der Waals surface area contributed by atoms with Crippen LogP contribution in [0.4, 0.5) is 0 Å².